The average molecular weight is 443 g/mol. The minimum Gasteiger partial charge on any atom is -0.451 e. The number of carbonyl (C=O) groups excluding carboxylic acids is 2. The highest BCUT2D eigenvalue weighted by Gasteiger charge is 2.19. The van der Waals surface area contributed by atoms with Crippen LogP contribution in [0.4, 0.5) is 10.1 Å². The van der Waals surface area contributed by atoms with E-state index in [4.69, 9.17) is 16.3 Å². The van der Waals surface area contributed by atoms with Crippen molar-refractivity contribution in [3.63, 3.8) is 0 Å². The minimum atomic E-state index is -0.697. The van der Waals surface area contributed by atoms with Crippen molar-refractivity contribution < 1.29 is 18.7 Å². The van der Waals surface area contributed by atoms with Crippen LogP contribution in [0.1, 0.15) is 9.67 Å². The number of esters is 1. The summed E-state index contributed by atoms with van der Waals surface area (Å²) in [5.41, 5.74) is 0.00384. The van der Waals surface area contributed by atoms with Gasteiger partial charge in [-0.05, 0) is 24.3 Å². The molecule has 1 heterocycles. The van der Waals surface area contributed by atoms with Gasteiger partial charge in [-0.3, -0.25) is 4.79 Å². The summed E-state index contributed by atoms with van der Waals surface area (Å²) in [6, 6.07) is 11.5. The Kier molecular flexibility index (Phi) is 5.36. The van der Waals surface area contributed by atoms with Crippen LogP contribution < -0.4 is 5.32 Å². The summed E-state index contributed by atoms with van der Waals surface area (Å²) in [5.74, 6) is -1.94. The third-order valence-corrected chi connectivity index (χ3v) is 5.41. The average Bonchev–Trinajstić information content (AvgIpc) is 2.93. The second kappa shape index (κ2) is 7.51. The maximum absolute atomic E-state index is 13.7. The minimum absolute atomic E-state index is 0.00384. The van der Waals surface area contributed by atoms with Gasteiger partial charge in [0.2, 0.25) is 0 Å². The van der Waals surface area contributed by atoms with E-state index in [0.717, 1.165) is 10.1 Å². The molecule has 0 spiro atoms. The highest BCUT2D eigenvalue weighted by molar-refractivity contribution is 9.10. The highest BCUT2D eigenvalue weighted by Crippen LogP contribution is 2.35. The fourth-order valence-corrected chi connectivity index (χ4v) is 3.85. The quantitative estimate of drug-likeness (QED) is 0.561. The molecule has 0 radical (unpaired) electrons. The molecule has 1 N–H and O–H groups in total. The SMILES string of the molecule is O=C(COC(=O)c1sc2ccccc2c1Cl)Nc1ccc(Br)cc1F. The van der Waals surface area contributed by atoms with Gasteiger partial charge in [0.15, 0.2) is 6.61 Å². The molecule has 3 aromatic rings. The topological polar surface area (TPSA) is 55.4 Å². The molecular weight excluding hydrogens is 433 g/mol. The summed E-state index contributed by atoms with van der Waals surface area (Å²) in [6.45, 7) is -0.543. The van der Waals surface area contributed by atoms with Gasteiger partial charge in [0.05, 0.1) is 10.7 Å². The van der Waals surface area contributed by atoms with Gasteiger partial charge in [-0.25, -0.2) is 9.18 Å². The standard InChI is InChI=1S/C17H10BrClFNO3S/c18-9-5-6-12(11(20)7-9)21-14(22)8-24-17(23)16-15(19)10-3-1-2-4-13(10)25-16/h1-7H,8H2,(H,21,22). The van der Waals surface area contributed by atoms with Gasteiger partial charge in [0.25, 0.3) is 5.91 Å². The third kappa shape index (κ3) is 4.00. The lowest BCUT2D eigenvalue weighted by Gasteiger charge is -2.07. The molecule has 1 amide bonds. The predicted octanol–water partition coefficient (Wildman–Crippen LogP) is 5.25. The number of halogens is 3. The zero-order valence-electron chi connectivity index (χ0n) is 12.5. The van der Waals surface area contributed by atoms with Crippen molar-refractivity contribution in [2.24, 2.45) is 0 Å². The van der Waals surface area contributed by atoms with Crippen LogP contribution in [0.2, 0.25) is 5.02 Å². The van der Waals surface area contributed by atoms with Gasteiger partial charge in [-0.15, -0.1) is 11.3 Å². The molecule has 0 atom stereocenters. The molecule has 0 aliphatic carbocycles. The number of ether oxygens (including phenoxy) is 1. The van der Waals surface area contributed by atoms with Crippen molar-refractivity contribution in [3.8, 4) is 0 Å². The van der Waals surface area contributed by atoms with Crippen LogP contribution in [-0.4, -0.2) is 18.5 Å². The van der Waals surface area contributed by atoms with Crippen molar-refractivity contribution in [2.45, 2.75) is 0 Å². The number of hydrogen-bond acceptors (Lipinski definition) is 4. The molecular formula is C17H10BrClFNO3S. The van der Waals surface area contributed by atoms with E-state index in [1.54, 1.807) is 12.1 Å². The van der Waals surface area contributed by atoms with Crippen molar-refractivity contribution >= 4 is 66.5 Å². The Morgan fingerprint density at radius 1 is 1.24 bits per heavy atom. The number of anilines is 1. The molecule has 0 fully saturated rings. The van der Waals surface area contributed by atoms with Crippen molar-refractivity contribution in [2.75, 3.05) is 11.9 Å². The third-order valence-electron chi connectivity index (χ3n) is 3.26. The number of fused-ring (bicyclic) bond motifs is 1. The normalized spacial score (nSPS) is 10.7. The number of nitrogens with one attached hydrogen (secondary N) is 1. The predicted molar refractivity (Wildman–Crippen MR) is 99.8 cm³/mol. The van der Waals surface area contributed by atoms with Gasteiger partial charge in [0.1, 0.15) is 10.7 Å². The van der Waals surface area contributed by atoms with Crippen LogP contribution in [0, 0.1) is 5.82 Å². The van der Waals surface area contributed by atoms with Crippen LogP contribution in [0.3, 0.4) is 0 Å². The van der Waals surface area contributed by atoms with Gasteiger partial charge < -0.3 is 10.1 Å². The molecule has 0 aliphatic heterocycles. The number of carbonyl (C=O) groups is 2. The van der Waals surface area contributed by atoms with E-state index in [1.807, 2.05) is 18.2 Å². The number of thiophene rings is 1. The second-order valence-electron chi connectivity index (χ2n) is 4.99. The first-order valence-corrected chi connectivity index (χ1v) is 9.03. The van der Waals surface area contributed by atoms with E-state index in [2.05, 4.69) is 21.2 Å². The van der Waals surface area contributed by atoms with E-state index in [0.29, 0.717) is 9.50 Å². The lowest BCUT2D eigenvalue weighted by Crippen LogP contribution is -2.21. The summed E-state index contributed by atoms with van der Waals surface area (Å²) in [4.78, 5) is 24.2. The number of hydrogen-bond donors (Lipinski definition) is 1. The first-order chi connectivity index (χ1) is 12.0. The van der Waals surface area contributed by atoms with Crippen LogP contribution in [0.25, 0.3) is 10.1 Å². The lowest BCUT2D eigenvalue weighted by atomic mass is 10.2. The Labute approximate surface area is 159 Å². The van der Waals surface area contributed by atoms with Gasteiger partial charge >= 0.3 is 5.97 Å². The molecule has 25 heavy (non-hydrogen) atoms. The van der Waals surface area contributed by atoms with Crippen molar-refractivity contribution in [3.05, 3.63) is 62.7 Å². The summed E-state index contributed by atoms with van der Waals surface area (Å²) in [7, 11) is 0. The fraction of sp³-hybridized carbons (Fsp3) is 0.0588. The summed E-state index contributed by atoms with van der Waals surface area (Å²) < 4.78 is 20.1. The first kappa shape index (κ1) is 17.8. The Morgan fingerprint density at radius 2 is 2.00 bits per heavy atom. The molecule has 1 aromatic heterocycles. The second-order valence-corrected chi connectivity index (χ2v) is 7.34. The largest absolute Gasteiger partial charge is 0.451 e. The summed E-state index contributed by atoms with van der Waals surface area (Å²) in [6.07, 6.45) is 0. The molecule has 4 nitrogen and oxygen atoms in total. The van der Waals surface area contributed by atoms with E-state index in [9.17, 15) is 14.0 Å². The zero-order valence-corrected chi connectivity index (χ0v) is 15.7. The Hall–Kier alpha value is -1.96. The van der Waals surface area contributed by atoms with E-state index in [1.165, 1.54) is 23.5 Å². The van der Waals surface area contributed by atoms with E-state index >= 15 is 0 Å². The Balaban J connectivity index is 1.65. The van der Waals surface area contributed by atoms with Crippen LogP contribution >= 0.6 is 38.9 Å². The number of amides is 1. The van der Waals surface area contributed by atoms with Crippen LogP contribution in [-0.2, 0) is 9.53 Å². The summed E-state index contributed by atoms with van der Waals surface area (Å²) >= 11 is 10.5. The number of rotatable bonds is 4. The lowest BCUT2D eigenvalue weighted by molar-refractivity contribution is -0.119. The molecule has 0 saturated heterocycles. The molecule has 0 bridgehead atoms. The van der Waals surface area contributed by atoms with Gasteiger partial charge in [-0.2, -0.15) is 0 Å². The highest BCUT2D eigenvalue weighted by atomic mass is 79.9. The van der Waals surface area contributed by atoms with Crippen LogP contribution in [0.5, 0.6) is 0 Å². The Bertz CT molecular complexity index is 976. The van der Waals surface area contributed by atoms with Crippen molar-refractivity contribution in [1.29, 1.82) is 0 Å². The zero-order chi connectivity index (χ0) is 18.0. The fourth-order valence-electron chi connectivity index (χ4n) is 2.12. The van der Waals surface area contributed by atoms with Crippen LogP contribution in [0.15, 0.2) is 46.9 Å². The molecule has 0 saturated carbocycles. The molecule has 0 aliphatic rings. The summed E-state index contributed by atoms with van der Waals surface area (Å²) in [5, 5.41) is 3.39. The molecule has 128 valence electrons. The van der Waals surface area contributed by atoms with Gasteiger partial charge in [-0.1, -0.05) is 45.7 Å². The van der Waals surface area contributed by atoms with Gasteiger partial charge in [0, 0.05) is 14.6 Å². The monoisotopic (exact) mass is 441 g/mol. The van der Waals surface area contributed by atoms with Crippen molar-refractivity contribution in [1.82, 2.24) is 0 Å². The molecule has 3 rings (SSSR count). The Morgan fingerprint density at radius 3 is 2.72 bits per heavy atom. The number of benzene rings is 2. The first-order valence-electron chi connectivity index (χ1n) is 7.05. The molecule has 8 heteroatoms. The maximum atomic E-state index is 13.7. The molecule has 2 aromatic carbocycles. The maximum Gasteiger partial charge on any atom is 0.350 e. The van der Waals surface area contributed by atoms with E-state index in [-0.39, 0.29) is 10.6 Å². The smallest absolute Gasteiger partial charge is 0.350 e. The van der Waals surface area contributed by atoms with E-state index < -0.39 is 24.3 Å². The molecule has 0 unspecified atom stereocenters.